The van der Waals surface area contributed by atoms with Crippen molar-refractivity contribution in [2.45, 2.75) is 32.2 Å². The van der Waals surface area contributed by atoms with Crippen LogP contribution < -0.4 is 10.6 Å². The Morgan fingerprint density at radius 1 is 1.19 bits per heavy atom. The van der Waals surface area contributed by atoms with E-state index in [1.165, 1.54) is 31.5 Å². The number of likely N-dealkylation sites (tertiary alicyclic amines) is 1. The van der Waals surface area contributed by atoms with Crippen LogP contribution in [0.3, 0.4) is 0 Å². The number of anilines is 1. The van der Waals surface area contributed by atoms with E-state index in [-0.39, 0.29) is 11.8 Å². The number of carbonyl (C=O) groups excluding carboxylic acids is 1. The highest BCUT2D eigenvalue weighted by atomic mass is 16.1. The summed E-state index contributed by atoms with van der Waals surface area (Å²) in [5, 5.41) is 6.32. The second-order valence-electron chi connectivity index (χ2n) is 6.21. The molecule has 4 heteroatoms. The largest absolute Gasteiger partial charge is 0.326 e. The lowest BCUT2D eigenvalue weighted by atomic mass is 9.99. The van der Waals surface area contributed by atoms with E-state index in [0.29, 0.717) is 0 Å². The third kappa shape index (κ3) is 4.05. The number of piperidine rings is 1. The fourth-order valence-electron chi connectivity index (χ4n) is 3.21. The molecule has 2 heterocycles. The molecule has 1 aromatic rings. The maximum atomic E-state index is 12.2. The van der Waals surface area contributed by atoms with E-state index in [4.69, 9.17) is 0 Å². The van der Waals surface area contributed by atoms with E-state index in [1.54, 1.807) is 0 Å². The van der Waals surface area contributed by atoms with Gasteiger partial charge >= 0.3 is 0 Å². The topological polar surface area (TPSA) is 44.4 Å². The van der Waals surface area contributed by atoms with Gasteiger partial charge in [-0.05, 0) is 63.0 Å². The van der Waals surface area contributed by atoms with Crippen molar-refractivity contribution in [1.29, 1.82) is 0 Å². The van der Waals surface area contributed by atoms with Crippen LogP contribution in [0, 0.1) is 5.92 Å². The molecule has 0 radical (unpaired) electrons. The predicted molar refractivity (Wildman–Crippen MR) is 85.2 cm³/mol. The van der Waals surface area contributed by atoms with Crippen molar-refractivity contribution in [2.75, 3.05) is 31.5 Å². The Kier molecular flexibility index (Phi) is 4.88. The number of rotatable bonds is 4. The molecule has 1 unspecified atom stereocenters. The van der Waals surface area contributed by atoms with Gasteiger partial charge < -0.3 is 10.6 Å². The highest BCUT2D eigenvalue weighted by Crippen LogP contribution is 2.17. The Labute approximate surface area is 126 Å². The quantitative estimate of drug-likeness (QED) is 0.892. The summed E-state index contributed by atoms with van der Waals surface area (Å²) in [6, 6.07) is 8.32. The molecule has 2 saturated heterocycles. The van der Waals surface area contributed by atoms with Crippen molar-refractivity contribution in [1.82, 2.24) is 10.2 Å². The normalized spacial score (nSPS) is 23.1. The van der Waals surface area contributed by atoms with Crippen molar-refractivity contribution in [3.05, 3.63) is 29.8 Å². The highest BCUT2D eigenvalue weighted by molar-refractivity contribution is 5.92. The molecule has 3 rings (SSSR count). The minimum absolute atomic E-state index is 0.114. The number of hydrogen-bond acceptors (Lipinski definition) is 3. The van der Waals surface area contributed by atoms with Crippen molar-refractivity contribution >= 4 is 11.6 Å². The van der Waals surface area contributed by atoms with Crippen LogP contribution in [0.5, 0.6) is 0 Å². The number of benzene rings is 1. The standard InChI is InChI=1S/C17H25N3O/c21-17(15-4-3-9-18-12-15)19-16-7-5-14(6-8-16)13-20-10-1-2-11-20/h5-8,15,18H,1-4,9-13H2,(H,19,21). The van der Waals surface area contributed by atoms with E-state index in [1.807, 2.05) is 12.1 Å². The Bertz CT molecular complexity index is 459. The van der Waals surface area contributed by atoms with Gasteiger partial charge in [0.2, 0.25) is 5.91 Å². The first-order valence-corrected chi connectivity index (χ1v) is 8.14. The molecule has 0 aromatic heterocycles. The number of amides is 1. The van der Waals surface area contributed by atoms with Crippen LogP contribution >= 0.6 is 0 Å². The van der Waals surface area contributed by atoms with Crippen molar-refractivity contribution in [3.8, 4) is 0 Å². The van der Waals surface area contributed by atoms with Gasteiger partial charge in [-0.15, -0.1) is 0 Å². The molecule has 0 spiro atoms. The van der Waals surface area contributed by atoms with Crippen LogP contribution in [0.2, 0.25) is 0 Å². The first-order valence-electron chi connectivity index (χ1n) is 8.14. The van der Waals surface area contributed by atoms with Gasteiger partial charge in [-0.1, -0.05) is 12.1 Å². The summed E-state index contributed by atoms with van der Waals surface area (Å²) in [5.74, 6) is 0.262. The van der Waals surface area contributed by atoms with Gasteiger partial charge in [-0.3, -0.25) is 9.69 Å². The SMILES string of the molecule is O=C(Nc1ccc(CN2CCCC2)cc1)C1CCCNC1. The molecule has 2 aliphatic heterocycles. The van der Waals surface area contributed by atoms with Crippen LogP contribution in [-0.2, 0) is 11.3 Å². The zero-order valence-electron chi connectivity index (χ0n) is 12.6. The highest BCUT2D eigenvalue weighted by Gasteiger charge is 2.20. The van der Waals surface area contributed by atoms with E-state index >= 15 is 0 Å². The van der Waals surface area contributed by atoms with Gasteiger partial charge in [0.1, 0.15) is 0 Å². The summed E-state index contributed by atoms with van der Waals surface area (Å²) in [6.07, 6.45) is 4.73. The van der Waals surface area contributed by atoms with E-state index in [2.05, 4.69) is 27.7 Å². The maximum Gasteiger partial charge on any atom is 0.228 e. The summed E-state index contributed by atoms with van der Waals surface area (Å²) in [6.45, 7) is 5.30. The molecule has 2 aliphatic rings. The third-order valence-electron chi connectivity index (χ3n) is 4.49. The minimum Gasteiger partial charge on any atom is -0.326 e. The molecule has 1 atom stereocenters. The minimum atomic E-state index is 0.114. The molecule has 114 valence electrons. The van der Waals surface area contributed by atoms with E-state index < -0.39 is 0 Å². The summed E-state index contributed by atoms with van der Waals surface area (Å²) in [5.41, 5.74) is 2.24. The lowest BCUT2D eigenvalue weighted by Crippen LogP contribution is -2.37. The molecule has 0 saturated carbocycles. The average molecular weight is 287 g/mol. The summed E-state index contributed by atoms with van der Waals surface area (Å²) < 4.78 is 0. The number of hydrogen-bond donors (Lipinski definition) is 2. The number of nitrogens with zero attached hydrogens (tertiary/aromatic N) is 1. The van der Waals surface area contributed by atoms with Crippen LogP contribution in [0.15, 0.2) is 24.3 Å². The number of carbonyl (C=O) groups is 1. The molecule has 0 aliphatic carbocycles. The average Bonchev–Trinajstić information content (AvgIpc) is 3.03. The third-order valence-corrected chi connectivity index (χ3v) is 4.49. The summed E-state index contributed by atoms with van der Waals surface area (Å²) in [4.78, 5) is 14.7. The molecule has 0 bridgehead atoms. The lowest BCUT2D eigenvalue weighted by Gasteiger charge is -2.22. The maximum absolute atomic E-state index is 12.2. The van der Waals surface area contributed by atoms with E-state index in [0.717, 1.165) is 38.2 Å². The predicted octanol–water partition coefficient (Wildman–Crippen LogP) is 2.22. The molecule has 2 fully saturated rings. The second-order valence-corrected chi connectivity index (χ2v) is 6.21. The lowest BCUT2D eigenvalue weighted by molar-refractivity contribution is -0.120. The first kappa shape index (κ1) is 14.5. The van der Waals surface area contributed by atoms with E-state index in [9.17, 15) is 4.79 Å². The summed E-state index contributed by atoms with van der Waals surface area (Å²) >= 11 is 0. The number of nitrogens with one attached hydrogen (secondary N) is 2. The zero-order valence-corrected chi connectivity index (χ0v) is 12.6. The van der Waals surface area contributed by atoms with Crippen LogP contribution in [0.25, 0.3) is 0 Å². The molecule has 2 N–H and O–H groups in total. The molecular weight excluding hydrogens is 262 g/mol. The van der Waals surface area contributed by atoms with Gasteiger partial charge in [0, 0.05) is 18.8 Å². The van der Waals surface area contributed by atoms with Gasteiger partial charge in [0.05, 0.1) is 5.92 Å². The Hall–Kier alpha value is -1.39. The molecule has 21 heavy (non-hydrogen) atoms. The molecular formula is C17H25N3O. The Morgan fingerprint density at radius 3 is 2.62 bits per heavy atom. The first-order chi connectivity index (χ1) is 10.3. The molecule has 1 amide bonds. The summed E-state index contributed by atoms with van der Waals surface area (Å²) in [7, 11) is 0. The van der Waals surface area contributed by atoms with Crippen LogP contribution in [0.4, 0.5) is 5.69 Å². The fourth-order valence-corrected chi connectivity index (χ4v) is 3.21. The monoisotopic (exact) mass is 287 g/mol. The Balaban J connectivity index is 1.52. The smallest absolute Gasteiger partial charge is 0.228 e. The van der Waals surface area contributed by atoms with Gasteiger partial charge in [-0.25, -0.2) is 0 Å². The van der Waals surface area contributed by atoms with Gasteiger partial charge in [0.25, 0.3) is 0 Å². The van der Waals surface area contributed by atoms with Gasteiger partial charge in [0.15, 0.2) is 0 Å². The molecule has 4 nitrogen and oxygen atoms in total. The van der Waals surface area contributed by atoms with Crippen LogP contribution in [-0.4, -0.2) is 37.0 Å². The van der Waals surface area contributed by atoms with Gasteiger partial charge in [-0.2, -0.15) is 0 Å². The fraction of sp³-hybridized carbons (Fsp3) is 0.588. The van der Waals surface area contributed by atoms with Crippen molar-refractivity contribution in [3.63, 3.8) is 0 Å². The zero-order chi connectivity index (χ0) is 14.5. The Morgan fingerprint density at radius 2 is 1.95 bits per heavy atom. The van der Waals surface area contributed by atoms with Crippen molar-refractivity contribution < 1.29 is 4.79 Å². The van der Waals surface area contributed by atoms with Crippen molar-refractivity contribution in [2.24, 2.45) is 5.92 Å². The van der Waals surface area contributed by atoms with Crippen LogP contribution in [0.1, 0.15) is 31.2 Å². The molecule has 1 aromatic carbocycles. The second kappa shape index (κ2) is 7.05.